The van der Waals surface area contributed by atoms with Crippen molar-refractivity contribution < 1.29 is 8.42 Å². The molecule has 1 aromatic rings. The quantitative estimate of drug-likeness (QED) is 0.814. The second-order valence-corrected chi connectivity index (χ2v) is 6.30. The van der Waals surface area contributed by atoms with Gasteiger partial charge < -0.3 is 5.73 Å². The SMILES string of the molecule is CC(N)c1cnc(CS(C)(=O)=O)s1. The van der Waals surface area contributed by atoms with Gasteiger partial charge >= 0.3 is 0 Å². The molecule has 2 N–H and O–H groups in total. The van der Waals surface area contributed by atoms with Crippen LogP contribution >= 0.6 is 11.3 Å². The van der Waals surface area contributed by atoms with Crippen LogP contribution in [-0.2, 0) is 15.6 Å². The molecule has 1 aromatic heterocycles. The first-order chi connectivity index (χ1) is 5.88. The molecule has 6 heteroatoms. The Bertz CT molecular complexity index is 381. The molecule has 74 valence electrons. The predicted molar refractivity (Wildman–Crippen MR) is 53.3 cm³/mol. The van der Waals surface area contributed by atoms with Crippen LogP contribution in [0.5, 0.6) is 0 Å². The normalized spacial score (nSPS) is 14.4. The van der Waals surface area contributed by atoms with Crippen molar-refractivity contribution in [2.45, 2.75) is 18.7 Å². The molecule has 13 heavy (non-hydrogen) atoms. The summed E-state index contributed by atoms with van der Waals surface area (Å²) in [5.74, 6) is 0.00435. The first kappa shape index (κ1) is 10.6. The Morgan fingerprint density at radius 1 is 1.69 bits per heavy atom. The maximum Gasteiger partial charge on any atom is 0.153 e. The van der Waals surface area contributed by atoms with Gasteiger partial charge in [-0.3, -0.25) is 0 Å². The number of hydrogen-bond acceptors (Lipinski definition) is 5. The van der Waals surface area contributed by atoms with Crippen molar-refractivity contribution in [2.24, 2.45) is 5.73 Å². The van der Waals surface area contributed by atoms with Crippen molar-refractivity contribution in [3.63, 3.8) is 0 Å². The van der Waals surface area contributed by atoms with Crippen LogP contribution in [0.3, 0.4) is 0 Å². The summed E-state index contributed by atoms with van der Waals surface area (Å²) in [5, 5.41) is 0.606. The molecule has 0 aliphatic heterocycles. The van der Waals surface area contributed by atoms with Gasteiger partial charge in [0.2, 0.25) is 0 Å². The molecule has 0 aliphatic rings. The third-order valence-corrected chi connectivity index (χ3v) is 3.58. The van der Waals surface area contributed by atoms with E-state index in [9.17, 15) is 8.42 Å². The molecule has 1 unspecified atom stereocenters. The van der Waals surface area contributed by atoms with Gasteiger partial charge in [-0.15, -0.1) is 11.3 Å². The van der Waals surface area contributed by atoms with Crippen molar-refractivity contribution in [2.75, 3.05) is 6.26 Å². The van der Waals surface area contributed by atoms with Crippen molar-refractivity contribution in [3.05, 3.63) is 16.1 Å². The van der Waals surface area contributed by atoms with Crippen molar-refractivity contribution in [3.8, 4) is 0 Å². The molecular formula is C7H12N2O2S2. The highest BCUT2D eigenvalue weighted by molar-refractivity contribution is 7.90. The van der Waals surface area contributed by atoms with E-state index in [0.717, 1.165) is 4.88 Å². The van der Waals surface area contributed by atoms with Gasteiger partial charge in [0.15, 0.2) is 9.84 Å². The predicted octanol–water partition coefficient (Wildman–Crippen LogP) is 0.707. The average molecular weight is 220 g/mol. The Kier molecular flexibility index (Phi) is 3.05. The number of hydrogen-bond donors (Lipinski definition) is 1. The number of rotatable bonds is 3. The highest BCUT2D eigenvalue weighted by atomic mass is 32.2. The number of nitrogens with two attached hydrogens (primary N) is 1. The Hall–Kier alpha value is -0.460. The van der Waals surface area contributed by atoms with Crippen LogP contribution in [-0.4, -0.2) is 19.7 Å². The molecule has 0 amide bonds. The summed E-state index contributed by atoms with van der Waals surface area (Å²) in [6.07, 6.45) is 2.83. The van der Waals surface area contributed by atoms with E-state index in [4.69, 9.17) is 5.73 Å². The van der Waals surface area contributed by atoms with Crippen LogP contribution in [0.1, 0.15) is 22.9 Å². The molecule has 0 saturated heterocycles. The summed E-state index contributed by atoms with van der Waals surface area (Å²) in [6, 6.07) is -0.0780. The Morgan fingerprint density at radius 2 is 2.31 bits per heavy atom. The fourth-order valence-electron chi connectivity index (χ4n) is 0.826. The molecular weight excluding hydrogens is 208 g/mol. The van der Waals surface area contributed by atoms with Gasteiger partial charge in [0.1, 0.15) is 10.8 Å². The summed E-state index contributed by atoms with van der Waals surface area (Å²) < 4.78 is 21.8. The Balaban J connectivity index is 2.81. The minimum Gasteiger partial charge on any atom is -0.323 e. The fraction of sp³-hybridized carbons (Fsp3) is 0.571. The molecule has 1 heterocycles. The summed E-state index contributed by atoms with van der Waals surface area (Å²) >= 11 is 1.35. The highest BCUT2D eigenvalue weighted by Crippen LogP contribution is 2.19. The third-order valence-electron chi connectivity index (χ3n) is 1.41. The van der Waals surface area contributed by atoms with Gasteiger partial charge in [0.05, 0.1) is 0 Å². The smallest absolute Gasteiger partial charge is 0.153 e. The lowest BCUT2D eigenvalue weighted by atomic mass is 10.3. The maximum absolute atomic E-state index is 10.9. The van der Waals surface area contributed by atoms with Crippen LogP contribution in [0.25, 0.3) is 0 Å². The number of sulfone groups is 1. The Morgan fingerprint density at radius 3 is 2.69 bits per heavy atom. The summed E-state index contributed by atoms with van der Waals surface area (Å²) in [4.78, 5) is 4.90. The first-order valence-corrected chi connectivity index (χ1v) is 6.64. The topological polar surface area (TPSA) is 73.0 Å². The molecule has 1 rings (SSSR count). The van der Waals surface area contributed by atoms with Gasteiger partial charge in [-0.2, -0.15) is 0 Å². The zero-order chi connectivity index (χ0) is 10.1. The van der Waals surface area contributed by atoms with E-state index in [-0.39, 0.29) is 11.8 Å². The maximum atomic E-state index is 10.9. The zero-order valence-corrected chi connectivity index (χ0v) is 9.15. The number of thiazole rings is 1. The standard InChI is InChI=1S/C7H12N2O2S2/c1-5(8)6-3-9-7(12-6)4-13(2,10)11/h3,5H,4,8H2,1-2H3. The van der Waals surface area contributed by atoms with Crippen molar-refractivity contribution >= 4 is 21.2 Å². The van der Waals surface area contributed by atoms with Gasteiger partial charge in [-0.1, -0.05) is 0 Å². The van der Waals surface area contributed by atoms with E-state index in [1.165, 1.54) is 17.6 Å². The zero-order valence-electron chi connectivity index (χ0n) is 7.52. The number of nitrogens with zero attached hydrogens (tertiary/aromatic N) is 1. The summed E-state index contributed by atoms with van der Waals surface area (Å²) in [5.41, 5.74) is 5.61. The van der Waals surface area contributed by atoms with Crippen LogP contribution in [0.15, 0.2) is 6.20 Å². The molecule has 0 spiro atoms. The molecule has 1 atom stereocenters. The fourth-order valence-corrected chi connectivity index (χ4v) is 2.90. The van der Waals surface area contributed by atoms with Gasteiger partial charge in [0.25, 0.3) is 0 Å². The lowest BCUT2D eigenvalue weighted by molar-refractivity contribution is 0.601. The molecule has 0 fully saturated rings. The molecule has 0 aliphatic carbocycles. The van der Waals surface area contributed by atoms with Gasteiger partial charge in [0, 0.05) is 23.4 Å². The van der Waals surface area contributed by atoms with Gasteiger partial charge in [-0.05, 0) is 6.92 Å². The average Bonchev–Trinajstić information content (AvgIpc) is 2.31. The molecule has 0 bridgehead atoms. The molecule has 0 aromatic carbocycles. The van der Waals surface area contributed by atoms with Crippen LogP contribution in [0, 0.1) is 0 Å². The summed E-state index contributed by atoms with van der Waals surface area (Å²) in [7, 11) is -2.98. The lowest BCUT2D eigenvalue weighted by Gasteiger charge is -1.96. The minimum absolute atomic E-state index is 0.00435. The molecule has 0 saturated carbocycles. The minimum atomic E-state index is -2.98. The van der Waals surface area contributed by atoms with Crippen molar-refractivity contribution in [1.82, 2.24) is 4.98 Å². The van der Waals surface area contributed by atoms with E-state index in [2.05, 4.69) is 4.98 Å². The number of aromatic nitrogens is 1. The van der Waals surface area contributed by atoms with Gasteiger partial charge in [-0.25, -0.2) is 13.4 Å². The van der Waals surface area contributed by atoms with Crippen LogP contribution < -0.4 is 5.73 Å². The monoisotopic (exact) mass is 220 g/mol. The Labute approximate surface area is 81.7 Å². The second-order valence-electron chi connectivity index (χ2n) is 3.02. The second kappa shape index (κ2) is 3.73. The van der Waals surface area contributed by atoms with Crippen molar-refractivity contribution in [1.29, 1.82) is 0 Å². The third kappa shape index (κ3) is 3.41. The highest BCUT2D eigenvalue weighted by Gasteiger charge is 2.10. The van der Waals surface area contributed by atoms with E-state index in [0.29, 0.717) is 5.01 Å². The summed E-state index contributed by atoms with van der Waals surface area (Å²) in [6.45, 7) is 1.84. The van der Waals surface area contributed by atoms with E-state index in [1.54, 1.807) is 6.20 Å². The largest absolute Gasteiger partial charge is 0.323 e. The van der Waals surface area contributed by atoms with E-state index < -0.39 is 9.84 Å². The van der Waals surface area contributed by atoms with Crippen LogP contribution in [0.4, 0.5) is 0 Å². The van der Waals surface area contributed by atoms with Crippen LogP contribution in [0.2, 0.25) is 0 Å². The molecule has 0 radical (unpaired) electrons. The van der Waals surface area contributed by atoms with E-state index in [1.807, 2.05) is 6.92 Å². The lowest BCUT2D eigenvalue weighted by Crippen LogP contribution is -2.01. The molecule has 4 nitrogen and oxygen atoms in total. The van der Waals surface area contributed by atoms with E-state index >= 15 is 0 Å². The first-order valence-electron chi connectivity index (χ1n) is 3.76.